The van der Waals surface area contributed by atoms with Crippen LogP contribution in [0.15, 0.2) is 30.6 Å². The van der Waals surface area contributed by atoms with Crippen LogP contribution in [0.5, 0.6) is 0 Å². The Morgan fingerprint density at radius 3 is 2.75 bits per heavy atom. The monoisotopic (exact) mass is 268 g/mol. The predicted octanol–water partition coefficient (Wildman–Crippen LogP) is 2.22. The highest BCUT2D eigenvalue weighted by molar-refractivity contribution is 5.85. The first-order valence-electron chi connectivity index (χ1n) is 6.56. The van der Waals surface area contributed by atoms with Crippen LogP contribution < -0.4 is 4.90 Å². The number of aromatic nitrogens is 5. The average molecular weight is 268 g/mol. The largest absolute Gasteiger partial charge is 0.324 e. The molecule has 0 atom stereocenters. The van der Waals surface area contributed by atoms with Gasteiger partial charge in [0.15, 0.2) is 17.0 Å². The molecule has 0 spiro atoms. The van der Waals surface area contributed by atoms with Crippen molar-refractivity contribution in [2.45, 2.75) is 13.8 Å². The summed E-state index contributed by atoms with van der Waals surface area (Å²) in [5.74, 6) is 0.792. The van der Waals surface area contributed by atoms with Crippen LogP contribution >= 0.6 is 0 Å². The lowest BCUT2D eigenvalue weighted by atomic mass is 10.2. The first kappa shape index (κ1) is 12.5. The molecule has 20 heavy (non-hydrogen) atoms. The first-order valence-corrected chi connectivity index (χ1v) is 6.56. The van der Waals surface area contributed by atoms with Gasteiger partial charge in [0.1, 0.15) is 6.33 Å². The minimum absolute atomic E-state index is 0.722. The number of nitrogens with zero attached hydrogens (tertiary/aromatic N) is 6. The fraction of sp³-hybridized carbons (Fsp3) is 0.286. The molecule has 102 valence electrons. The van der Waals surface area contributed by atoms with E-state index in [-0.39, 0.29) is 0 Å². The maximum atomic E-state index is 4.41. The van der Waals surface area contributed by atoms with Crippen molar-refractivity contribution in [2.75, 3.05) is 11.4 Å². The van der Waals surface area contributed by atoms with Crippen molar-refractivity contribution < 1.29 is 0 Å². The molecule has 1 aromatic carbocycles. The van der Waals surface area contributed by atoms with E-state index in [1.54, 1.807) is 11.0 Å². The van der Waals surface area contributed by atoms with Gasteiger partial charge in [-0.05, 0) is 25.5 Å². The summed E-state index contributed by atoms with van der Waals surface area (Å²) in [4.78, 5) is 10.8. The van der Waals surface area contributed by atoms with Crippen LogP contribution in [-0.2, 0) is 7.05 Å². The number of anilines is 2. The van der Waals surface area contributed by atoms with E-state index in [4.69, 9.17) is 0 Å². The highest BCUT2D eigenvalue weighted by atomic mass is 15.4. The number of hydrogen-bond acceptors (Lipinski definition) is 5. The molecular formula is C14H16N6. The third kappa shape index (κ3) is 1.89. The van der Waals surface area contributed by atoms with Gasteiger partial charge in [-0.25, -0.2) is 14.6 Å². The Labute approximate surface area is 117 Å². The van der Waals surface area contributed by atoms with E-state index in [0.29, 0.717) is 0 Å². The third-order valence-electron chi connectivity index (χ3n) is 3.35. The molecule has 0 radical (unpaired) electrons. The van der Waals surface area contributed by atoms with Crippen molar-refractivity contribution in [2.24, 2.45) is 7.05 Å². The standard InChI is InChI=1S/C14H16N6/c1-4-20(11-8-6-5-7-10(11)2)14-12-13(15-9-16-14)19(3)18-17-12/h5-9H,4H2,1-3H3. The summed E-state index contributed by atoms with van der Waals surface area (Å²) in [5, 5.41) is 8.22. The molecule has 2 heterocycles. The molecule has 0 saturated heterocycles. The lowest BCUT2D eigenvalue weighted by molar-refractivity contribution is 0.729. The number of aryl methyl sites for hydroxylation is 2. The smallest absolute Gasteiger partial charge is 0.183 e. The van der Waals surface area contributed by atoms with Gasteiger partial charge in [0, 0.05) is 19.3 Å². The molecule has 3 aromatic rings. The molecule has 0 aliphatic carbocycles. The van der Waals surface area contributed by atoms with Crippen LogP contribution in [0.1, 0.15) is 12.5 Å². The second kappa shape index (κ2) is 4.88. The fourth-order valence-electron chi connectivity index (χ4n) is 2.34. The molecule has 6 nitrogen and oxygen atoms in total. The van der Waals surface area contributed by atoms with E-state index >= 15 is 0 Å². The quantitative estimate of drug-likeness (QED) is 0.729. The van der Waals surface area contributed by atoms with E-state index in [1.807, 2.05) is 19.2 Å². The van der Waals surface area contributed by atoms with Gasteiger partial charge in [-0.2, -0.15) is 0 Å². The van der Waals surface area contributed by atoms with E-state index in [2.05, 4.69) is 51.2 Å². The average Bonchev–Trinajstić information content (AvgIpc) is 2.84. The fourth-order valence-corrected chi connectivity index (χ4v) is 2.34. The Kier molecular flexibility index (Phi) is 3.06. The molecule has 0 unspecified atom stereocenters. The number of hydrogen-bond donors (Lipinski definition) is 0. The second-order valence-corrected chi connectivity index (χ2v) is 4.61. The van der Waals surface area contributed by atoms with Crippen molar-refractivity contribution in [3.8, 4) is 0 Å². The van der Waals surface area contributed by atoms with Crippen LogP contribution in [0.4, 0.5) is 11.5 Å². The highest BCUT2D eigenvalue weighted by Gasteiger charge is 2.17. The number of fused-ring (bicyclic) bond motifs is 1. The molecule has 0 aliphatic heterocycles. The van der Waals surface area contributed by atoms with Gasteiger partial charge >= 0.3 is 0 Å². The summed E-state index contributed by atoms with van der Waals surface area (Å²) in [6, 6.07) is 8.24. The van der Waals surface area contributed by atoms with Gasteiger partial charge in [-0.1, -0.05) is 23.4 Å². The predicted molar refractivity (Wildman–Crippen MR) is 78.0 cm³/mol. The molecule has 0 aliphatic rings. The zero-order valence-electron chi connectivity index (χ0n) is 11.8. The SMILES string of the molecule is CCN(c1ccccc1C)c1ncnc2c1nnn2C. The lowest BCUT2D eigenvalue weighted by Gasteiger charge is -2.23. The van der Waals surface area contributed by atoms with Crippen LogP contribution in [0.2, 0.25) is 0 Å². The number of benzene rings is 1. The molecular weight excluding hydrogens is 252 g/mol. The highest BCUT2D eigenvalue weighted by Crippen LogP contribution is 2.29. The van der Waals surface area contributed by atoms with Gasteiger partial charge in [-0.15, -0.1) is 5.10 Å². The van der Waals surface area contributed by atoms with E-state index in [1.165, 1.54) is 5.56 Å². The summed E-state index contributed by atoms with van der Waals surface area (Å²) in [6.45, 7) is 4.98. The Morgan fingerprint density at radius 2 is 2.00 bits per heavy atom. The van der Waals surface area contributed by atoms with Gasteiger partial charge in [0.25, 0.3) is 0 Å². The van der Waals surface area contributed by atoms with E-state index in [0.717, 1.165) is 29.2 Å². The molecule has 6 heteroatoms. The van der Waals surface area contributed by atoms with Crippen molar-refractivity contribution in [3.63, 3.8) is 0 Å². The molecule has 0 saturated carbocycles. The Hall–Kier alpha value is -2.50. The summed E-state index contributed by atoms with van der Waals surface area (Å²) >= 11 is 0. The molecule has 3 rings (SSSR count). The Morgan fingerprint density at radius 1 is 1.20 bits per heavy atom. The van der Waals surface area contributed by atoms with Gasteiger partial charge in [-0.3, -0.25) is 0 Å². The van der Waals surface area contributed by atoms with E-state index in [9.17, 15) is 0 Å². The molecule has 0 amide bonds. The maximum absolute atomic E-state index is 4.41. The van der Waals surface area contributed by atoms with Crippen LogP contribution in [0.3, 0.4) is 0 Å². The Bertz CT molecular complexity index is 748. The topological polar surface area (TPSA) is 59.7 Å². The van der Waals surface area contributed by atoms with Crippen LogP contribution in [-0.4, -0.2) is 31.5 Å². The summed E-state index contributed by atoms with van der Waals surface area (Å²) in [5.41, 5.74) is 3.78. The van der Waals surface area contributed by atoms with Gasteiger partial charge < -0.3 is 4.90 Å². The van der Waals surface area contributed by atoms with E-state index < -0.39 is 0 Å². The van der Waals surface area contributed by atoms with Crippen molar-refractivity contribution in [3.05, 3.63) is 36.2 Å². The minimum atomic E-state index is 0.722. The van der Waals surface area contributed by atoms with Crippen molar-refractivity contribution in [1.82, 2.24) is 25.0 Å². The molecule has 0 fully saturated rings. The normalized spacial score (nSPS) is 10.9. The Balaban J connectivity index is 2.20. The van der Waals surface area contributed by atoms with Gasteiger partial charge in [0.05, 0.1) is 0 Å². The minimum Gasteiger partial charge on any atom is -0.324 e. The molecule has 0 bridgehead atoms. The molecule has 0 N–H and O–H groups in total. The van der Waals surface area contributed by atoms with Crippen molar-refractivity contribution >= 4 is 22.7 Å². The van der Waals surface area contributed by atoms with Crippen LogP contribution in [0, 0.1) is 6.92 Å². The lowest BCUT2D eigenvalue weighted by Crippen LogP contribution is -2.19. The maximum Gasteiger partial charge on any atom is 0.183 e. The number of rotatable bonds is 3. The zero-order valence-corrected chi connectivity index (χ0v) is 11.8. The second-order valence-electron chi connectivity index (χ2n) is 4.61. The number of para-hydroxylation sites is 1. The summed E-state index contributed by atoms with van der Waals surface area (Å²) in [6.07, 6.45) is 1.56. The summed E-state index contributed by atoms with van der Waals surface area (Å²) < 4.78 is 1.66. The first-order chi connectivity index (χ1) is 9.72. The van der Waals surface area contributed by atoms with Gasteiger partial charge in [0.2, 0.25) is 0 Å². The zero-order chi connectivity index (χ0) is 14.1. The molecule has 2 aromatic heterocycles. The van der Waals surface area contributed by atoms with Crippen molar-refractivity contribution in [1.29, 1.82) is 0 Å². The summed E-state index contributed by atoms with van der Waals surface area (Å²) in [7, 11) is 1.83. The third-order valence-corrected chi connectivity index (χ3v) is 3.35. The van der Waals surface area contributed by atoms with Crippen LogP contribution in [0.25, 0.3) is 11.2 Å².